The number of morpholine rings is 1. The van der Waals surface area contributed by atoms with E-state index >= 15 is 0 Å². The van der Waals surface area contributed by atoms with E-state index in [0.717, 1.165) is 118 Å². The Morgan fingerprint density at radius 2 is 1.37 bits per heavy atom. The van der Waals surface area contributed by atoms with Crippen LogP contribution in [0.4, 0.5) is 23.3 Å². The first-order chi connectivity index (χ1) is 25.3. The lowest BCUT2D eigenvalue weighted by Gasteiger charge is -2.35. The number of H-pyrrole nitrogens is 1. The molecule has 52 heavy (non-hydrogen) atoms. The van der Waals surface area contributed by atoms with Crippen molar-refractivity contribution < 1.29 is 19.4 Å². The minimum absolute atomic E-state index is 0.0210. The number of amides is 1. The lowest BCUT2D eigenvalue weighted by Crippen LogP contribution is -2.43. The van der Waals surface area contributed by atoms with E-state index in [-0.39, 0.29) is 17.7 Å². The standard InChI is InChI=1S/C28H34N6O2.C12H16N2O2/c1-19-5-6-24-22(18-19)25-23(30-28(31-25)33-14-16-36-17-15-33)9-13-34(24)27(35)21-7-11-32(12-8-21)26-20(2)4-3-10-29-26;1-9-3-2-6-13-11(9)14-7-4-10(5-8-14)12(15)16/h3-6,10,18,21H,7-9,11-17H2,1-2H3,(H,30,31);2-3,6,10H,4-5,7-8H2,1H3,(H,15,16). The van der Waals surface area contributed by atoms with Crippen molar-refractivity contribution in [3.8, 4) is 11.3 Å². The number of imidazole rings is 1. The fraction of sp³-hybridized carbons (Fsp3) is 0.475. The van der Waals surface area contributed by atoms with Gasteiger partial charge < -0.3 is 34.4 Å². The average molecular weight is 707 g/mol. The number of aliphatic carboxylic acids is 1. The lowest BCUT2D eigenvalue weighted by atomic mass is 9.94. The summed E-state index contributed by atoms with van der Waals surface area (Å²) < 4.78 is 5.52. The van der Waals surface area contributed by atoms with Gasteiger partial charge in [0.05, 0.1) is 30.5 Å². The number of anilines is 4. The number of carbonyl (C=O) groups is 2. The second-order valence-corrected chi connectivity index (χ2v) is 14.4. The van der Waals surface area contributed by atoms with E-state index in [1.54, 1.807) is 6.20 Å². The number of pyridine rings is 2. The van der Waals surface area contributed by atoms with Gasteiger partial charge in [-0.1, -0.05) is 23.8 Å². The van der Waals surface area contributed by atoms with Crippen molar-refractivity contribution in [3.63, 3.8) is 0 Å². The van der Waals surface area contributed by atoms with Gasteiger partial charge in [-0.2, -0.15) is 0 Å². The number of aromatic nitrogens is 4. The number of carbonyl (C=O) groups excluding carboxylic acids is 1. The molecule has 4 aliphatic rings. The molecule has 3 saturated heterocycles. The molecule has 8 rings (SSSR count). The summed E-state index contributed by atoms with van der Waals surface area (Å²) in [6.07, 6.45) is 7.51. The van der Waals surface area contributed by atoms with Crippen LogP contribution in [-0.4, -0.2) is 95.9 Å². The van der Waals surface area contributed by atoms with Crippen LogP contribution in [0.15, 0.2) is 54.9 Å². The molecule has 3 aromatic heterocycles. The maximum atomic E-state index is 13.9. The topological polar surface area (TPSA) is 131 Å². The average Bonchev–Trinajstić information content (AvgIpc) is 3.54. The number of carboxylic acid groups (broad SMARTS) is 1. The number of benzene rings is 1. The van der Waals surface area contributed by atoms with E-state index in [1.165, 1.54) is 11.1 Å². The number of nitrogens with one attached hydrogen (secondary N) is 1. The molecule has 12 heteroatoms. The molecule has 2 N–H and O–H groups in total. The summed E-state index contributed by atoms with van der Waals surface area (Å²) in [5.74, 6) is 2.35. The molecular formula is C40H50N8O4. The van der Waals surface area contributed by atoms with Gasteiger partial charge in [-0.3, -0.25) is 9.59 Å². The molecule has 3 fully saturated rings. The Labute approximate surface area is 305 Å². The van der Waals surface area contributed by atoms with E-state index in [9.17, 15) is 9.59 Å². The van der Waals surface area contributed by atoms with Crippen LogP contribution in [0.3, 0.4) is 0 Å². The van der Waals surface area contributed by atoms with Crippen LogP contribution >= 0.6 is 0 Å². The summed E-state index contributed by atoms with van der Waals surface area (Å²) in [7, 11) is 0. The lowest BCUT2D eigenvalue weighted by molar-refractivity contribution is -0.142. The van der Waals surface area contributed by atoms with Gasteiger partial charge in [-0.15, -0.1) is 0 Å². The number of fused-ring (bicyclic) bond motifs is 3. The molecule has 1 aromatic carbocycles. The third-order valence-electron chi connectivity index (χ3n) is 10.9. The highest BCUT2D eigenvalue weighted by atomic mass is 16.5. The number of aromatic amines is 1. The quantitative estimate of drug-likeness (QED) is 0.277. The predicted molar refractivity (Wildman–Crippen MR) is 203 cm³/mol. The first kappa shape index (κ1) is 35.4. The zero-order chi connectivity index (χ0) is 36.2. The van der Waals surface area contributed by atoms with Crippen molar-refractivity contribution in [3.05, 3.63) is 77.2 Å². The third kappa shape index (κ3) is 7.62. The molecule has 0 unspecified atom stereocenters. The number of aryl methyl sites for hydroxylation is 3. The van der Waals surface area contributed by atoms with Crippen molar-refractivity contribution in [2.45, 2.75) is 52.9 Å². The Hall–Kier alpha value is -4.97. The molecular weight excluding hydrogens is 656 g/mol. The zero-order valence-corrected chi connectivity index (χ0v) is 30.6. The summed E-state index contributed by atoms with van der Waals surface area (Å²) in [5.41, 5.74) is 7.62. The van der Waals surface area contributed by atoms with E-state index < -0.39 is 5.97 Å². The highest BCUT2D eigenvalue weighted by Gasteiger charge is 2.34. The van der Waals surface area contributed by atoms with Crippen molar-refractivity contribution in [1.82, 2.24) is 19.9 Å². The van der Waals surface area contributed by atoms with E-state index in [2.05, 4.69) is 67.8 Å². The van der Waals surface area contributed by atoms with Gasteiger partial charge in [-0.25, -0.2) is 15.0 Å². The van der Waals surface area contributed by atoms with Gasteiger partial charge in [0.2, 0.25) is 11.9 Å². The highest BCUT2D eigenvalue weighted by molar-refractivity contribution is 6.00. The van der Waals surface area contributed by atoms with E-state index in [1.807, 2.05) is 36.2 Å². The fourth-order valence-electron chi connectivity index (χ4n) is 7.89. The molecule has 0 atom stereocenters. The van der Waals surface area contributed by atoms with Crippen molar-refractivity contribution in [1.29, 1.82) is 0 Å². The van der Waals surface area contributed by atoms with Crippen LogP contribution in [-0.2, 0) is 20.7 Å². The first-order valence-corrected chi connectivity index (χ1v) is 18.7. The number of carboxylic acids is 1. The molecule has 4 aromatic rings. The fourth-order valence-corrected chi connectivity index (χ4v) is 7.89. The maximum absolute atomic E-state index is 13.9. The summed E-state index contributed by atoms with van der Waals surface area (Å²) >= 11 is 0. The Balaban J connectivity index is 0.000000220. The second kappa shape index (κ2) is 15.7. The normalized spacial score (nSPS) is 18.2. The number of hydrogen-bond donors (Lipinski definition) is 2. The van der Waals surface area contributed by atoms with Crippen molar-refractivity contribution in [2.24, 2.45) is 11.8 Å². The molecule has 0 saturated carbocycles. The van der Waals surface area contributed by atoms with Crippen molar-refractivity contribution >= 4 is 35.1 Å². The Kier molecular flexibility index (Phi) is 10.7. The summed E-state index contributed by atoms with van der Waals surface area (Å²) in [5, 5.41) is 8.92. The monoisotopic (exact) mass is 706 g/mol. The predicted octanol–water partition coefficient (Wildman–Crippen LogP) is 5.42. The van der Waals surface area contributed by atoms with Gasteiger partial charge in [0, 0.05) is 81.8 Å². The van der Waals surface area contributed by atoms with Gasteiger partial charge in [0.1, 0.15) is 11.6 Å². The van der Waals surface area contributed by atoms with Crippen LogP contribution in [0.5, 0.6) is 0 Å². The Morgan fingerprint density at radius 1 is 0.769 bits per heavy atom. The van der Waals surface area contributed by atoms with Gasteiger partial charge in [0.25, 0.3) is 0 Å². The number of hydrogen-bond acceptors (Lipinski definition) is 9. The molecule has 0 bridgehead atoms. The SMILES string of the molecule is Cc1ccc2c(c1)-c1nc(N3CCOCC3)[nH]c1CCN2C(=O)C1CCN(c2ncccc2C)CC1.Cc1cccnc1N1CCC(C(=O)O)CC1. The van der Waals surface area contributed by atoms with Crippen molar-refractivity contribution in [2.75, 3.05) is 78.6 Å². The third-order valence-corrected chi connectivity index (χ3v) is 10.9. The van der Waals surface area contributed by atoms with Gasteiger partial charge >= 0.3 is 5.97 Å². The summed E-state index contributed by atoms with van der Waals surface area (Å²) in [6, 6.07) is 14.4. The second-order valence-electron chi connectivity index (χ2n) is 14.4. The van der Waals surface area contributed by atoms with E-state index in [0.29, 0.717) is 19.4 Å². The van der Waals surface area contributed by atoms with Gasteiger partial charge in [-0.05, 0) is 81.8 Å². The maximum Gasteiger partial charge on any atom is 0.306 e. The first-order valence-electron chi connectivity index (χ1n) is 18.7. The minimum atomic E-state index is -0.669. The van der Waals surface area contributed by atoms with Crippen LogP contribution < -0.4 is 19.6 Å². The largest absolute Gasteiger partial charge is 0.481 e. The summed E-state index contributed by atoms with van der Waals surface area (Å²) in [4.78, 5) is 51.0. The molecule has 1 amide bonds. The number of rotatable bonds is 5. The molecule has 0 spiro atoms. The molecule has 7 heterocycles. The minimum Gasteiger partial charge on any atom is -0.481 e. The number of piperidine rings is 2. The van der Waals surface area contributed by atoms with E-state index in [4.69, 9.17) is 14.8 Å². The molecule has 274 valence electrons. The molecule has 0 aliphatic carbocycles. The van der Waals surface area contributed by atoms with Crippen LogP contribution in [0.1, 0.15) is 48.1 Å². The summed E-state index contributed by atoms with van der Waals surface area (Å²) in [6.45, 7) is 13.3. The molecule has 4 aliphatic heterocycles. The van der Waals surface area contributed by atoms with Crippen LogP contribution in [0.25, 0.3) is 11.3 Å². The Bertz CT molecular complexity index is 1870. The Morgan fingerprint density at radius 3 is 1.94 bits per heavy atom. The van der Waals surface area contributed by atoms with Crippen LogP contribution in [0.2, 0.25) is 0 Å². The number of ether oxygens (including phenoxy) is 1. The smallest absolute Gasteiger partial charge is 0.306 e. The number of nitrogens with zero attached hydrogens (tertiary/aromatic N) is 7. The van der Waals surface area contributed by atoms with Crippen LogP contribution in [0, 0.1) is 32.6 Å². The highest BCUT2D eigenvalue weighted by Crippen LogP contribution is 2.39. The molecule has 12 nitrogen and oxygen atoms in total. The molecule has 0 radical (unpaired) electrons. The zero-order valence-electron chi connectivity index (χ0n) is 30.6. The van der Waals surface area contributed by atoms with Gasteiger partial charge in [0.15, 0.2) is 0 Å².